The minimum atomic E-state index is -0.192. The summed E-state index contributed by atoms with van der Waals surface area (Å²) in [4.78, 5) is 19.1. The van der Waals surface area contributed by atoms with Crippen LogP contribution in [-0.4, -0.2) is 21.9 Å². The molecule has 0 spiro atoms. The van der Waals surface area contributed by atoms with Gasteiger partial charge in [-0.15, -0.1) is 0 Å². The van der Waals surface area contributed by atoms with Crippen molar-refractivity contribution in [3.63, 3.8) is 0 Å². The van der Waals surface area contributed by atoms with E-state index in [1.807, 2.05) is 18.3 Å². The van der Waals surface area contributed by atoms with Crippen molar-refractivity contribution in [3.8, 4) is 17.4 Å². The van der Waals surface area contributed by atoms with Crippen molar-refractivity contribution in [2.45, 2.75) is 18.9 Å². The number of H-pyrrole nitrogens is 1. The number of rotatable bonds is 4. The molecule has 3 aromatic heterocycles. The van der Waals surface area contributed by atoms with E-state index in [1.165, 1.54) is 6.08 Å². The number of hydrogen-bond acceptors (Lipinski definition) is 4. The van der Waals surface area contributed by atoms with E-state index in [0.717, 1.165) is 22.1 Å². The average molecular weight is 344 g/mol. The molecule has 0 radical (unpaired) electrons. The number of aromatic nitrogens is 2. The first-order valence-electron chi connectivity index (χ1n) is 8.27. The van der Waals surface area contributed by atoms with Crippen molar-refractivity contribution in [1.82, 2.24) is 15.3 Å². The predicted molar refractivity (Wildman–Crippen MR) is 97.8 cm³/mol. The first kappa shape index (κ1) is 15.9. The van der Waals surface area contributed by atoms with Crippen molar-refractivity contribution in [1.29, 1.82) is 5.26 Å². The number of nitrogens with one attached hydrogen (secondary N) is 2. The SMILES string of the molecule is C=CC(=O)NC1CC=C(c2c(C#N)cnc3[nH]cc(-c4ccco4)c23)C1. The Morgan fingerprint density at radius 2 is 2.42 bits per heavy atom. The molecule has 3 heterocycles. The van der Waals surface area contributed by atoms with Gasteiger partial charge in [-0.1, -0.05) is 12.7 Å². The van der Waals surface area contributed by atoms with E-state index >= 15 is 0 Å². The number of hydrogen-bond donors (Lipinski definition) is 2. The number of carbonyl (C=O) groups is 1. The van der Waals surface area contributed by atoms with Crippen molar-refractivity contribution < 1.29 is 9.21 Å². The summed E-state index contributed by atoms with van der Waals surface area (Å²) in [6.07, 6.45) is 9.74. The molecule has 3 aromatic rings. The lowest BCUT2D eigenvalue weighted by Gasteiger charge is -2.13. The number of pyridine rings is 1. The van der Waals surface area contributed by atoms with Crippen LogP contribution in [0, 0.1) is 11.3 Å². The largest absolute Gasteiger partial charge is 0.464 e. The third kappa shape index (κ3) is 2.60. The molecule has 0 saturated carbocycles. The van der Waals surface area contributed by atoms with Crippen LogP contribution in [0.15, 0.2) is 53.9 Å². The van der Waals surface area contributed by atoms with E-state index in [0.29, 0.717) is 29.8 Å². The third-order valence-corrected chi connectivity index (χ3v) is 4.58. The zero-order valence-electron chi connectivity index (χ0n) is 14.0. The van der Waals surface area contributed by atoms with Gasteiger partial charge in [0.15, 0.2) is 0 Å². The van der Waals surface area contributed by atoms with Crippen LogP contribution in [0.1, 0.15) is 24.0 Å². The lowest BCUT2D eigenvalue weighted by Crippen LogP contribution is -2.31. The van der Waals surface area contributed by atoms with Crippen LogP contribution < -0.4 is 5.32 Å². The van der Waals surface area contributed by atoms with Gasteiger partial charge in [-0.2, -0.15) is 5.26 Å². The molecule has 128 valence electrons. The first-order chi connectivity index (χ1) is 12.7. The highest BCUT2D eigenvalue weighted by molar-refractivity contribution is 6.02. The van der Waals surface area contributed by atoms with Gasteiger partial charge >= 0.3 is 0 Å². The van der Waals surface area contributed by atoms with E-state index in [1.54, 1.807) is 12.5 Å². The second-order valence-electron chi connectivity index (χ2n) is 6.14. The zero-order chi connectivity index (χ0) is 18.1. The fraction of sp³-hybridized carbons (Fsp3) is 0.150. The Kier molecular flexibility index (Phi) is 3.90. The quantitative estimate of drug-likeness (QED) is 0.708. The molecule has 1 aliphatic rings. The lowest BCUT2D eigenvalue weighted by atomic mass is 9.95. The second kappa shape index (κ2) is 6.37. The molecule has 1 amide bonds. The van der Waals surface area contributed by atoms with Crippen LogP contribution in [-0.2, 0) is 4.79 Å². The Morgan fingerprint density at radius 1 is 1.54 bits per heavy atom. The summed E-state index contributed by atoms with van der Waals surface area (Å²) in [5.41, 5.74) is 3.94. The molecular formula is C20H16N4O2. The third-order valence-electron chi connectivity index (χ3n) is 4.58. The van der Waals surface area contributed by atoms with Gasteiger partial charge in [-0.25, -0.2) is 4.98 Å². The summed E-state index contributed by atoms with van der Waals surface area (Å²) in [7, 11) is 0. The van der Waals surface area contributed by atoms with Gasteiger partial charge in [0, 0.05) is 34.9 Å². The molecule has 4 rings (SSSR count). The molecule has 0 aromatic carbocycles. The topological polar surface area (TPSA) is 94.7 Å². The molecule has 0 saturated heterocycles. The summed E-state index contributed by atoms with van der Waals surface area (Å²) < 4.78 is 5.55. The van der Waals surface area contributed by atoms with Gasteiger partial charge in [0.05, 0.1) is 11.8 Å². The molecule has 26 heavy (non-hydrogen) atoms. The minimum absolute atomic E-state index is 0.00346. The Labute approximate surface area is 149 Å². The van der Waals surface area contributed by atoms with Gasteiger partial charge in [-0.3, -0.25) is 4.79 Å². The van der Waals surface area contributed by atoms with Crippen molar-refractivity contribution >= 4 is 22.5 Å². The summed E-state index contributed by atoms with van der Waals surface area (Å²) in [5.74, 6) is 0.521. The molecule has 0 aliphatic heterocycles. The van der Waals surface area contributed by atoms with Crippen LogP contribution >= 0.6 is 0 Å². The van der Waals surface area contributed by atoms with Crippen molar-refractivity contribution in [2.75, 3.05) is 0 Å². The van der Waals surface area contributed by atoms with Gasteiger partial charge in [0.25, 0.3) is 0 Å². The summed E-state index contributed by atoms with van der Waals surface area (Å²) in [6.45, 7) is 3.49. The first-order valence-corrected chi connectivity index (χ1v) is 8.27. The maximum atomic E-state index is 11.6. The Hall–Kier alpha value is -3.59. The minimum Gasteiger partial charge on any atom is -0.464 e. The Bertz CT molecular complexity index is 1070. The molecule has 6 heteroatoms. The number of furan rings is 1. The predicted octanol–water partition coefficient (Wildman–Crippen LogP) is 3.54. The fourth-order valence-electron chi connectivity index (χ4n) is 3.43. The molecule has 1 aliphatic carbocycles. The van der Waals surface area contributed by atoms with Crippen LogP contribution in [0.2, 0.25) is 0 Å². The van der Waals surface area contributed by atoms with Gasteiger partial charge in [0.2, 0.25) is 5.91 Å². The number of nitrogens with zero attached hydrogens (tertiary/aromatic N) is 2. The lowest BCUT2D eigenvalue weighted by molar-refractivity contribution is -0.117. The second-order valence-corrected chi connectivity index (χ2v) is 6.14. The molecule has 0 fully saturated rings. The number of carbonyl (C=O) groups excluding carboxylic acids is 1. The highest BCUT2D eigenvalue weighted by Crippen LogP contribution is 2.39. The van der Waals surface area contributed by atoms with Crippen LogP contribution in [0.4, 0.5) is 0 Å². The number of nitriles is 1. The molecule has 0 bridgehead atoms. The van der Waals surface area contributed by atoms with Crippen LogP contribution in [0.5, 0.6) is 0 Å². The maximum Gasteiger partial charge on any atom is 0.243 e. The van der Waals surface area contributed by atoms with Gasteiger partial charge in [-0.05, 0) is 36.6 Å². The summed E-state index contributed by atoms with van der Waals surface area (Å²) in [5, 5.41) is 13.4. The van der Waals surface area contributed by atoms with Crippen molar-refractivity contribution in [3.05, 3.63) is 60.6 Å². The smallest absolute Gasteiger partial charge is 0.243 e. The van der Waals surface area contributed by atoms with Gasteiger partial charge < -0.3 is 14.7 Å². The maximum absolute atomic E-state index is 11.6. The Morgan fingerprint density at radius 3 is 3.15 bits per heavy atom. The summed E-state index contributed by atoms with van der Waals surface area (Å²) >= 11 is 0. The standard InChI is InChI=1S/C20H16N4O2/c1-2-17(25)24-14-6-5-12(8-14)18-13(9-21)10-22-20-19(18)15(11-23-20)16-4-3-7-26-16/h2-5,7,10-11,14H,1,6,8H2,(H,22,23)(H,24,25). The molecule has 1 unspecified atom stereocenters. The molecule has 1 atom stereocenters. The van der Waals surface area contributed by atoms with E-state index in [-0.39, 0.29) is 11.9 Å². The average Bonchev–Trinajstić information content (AvgIpc) is 3.40. The molecule has 6 nitrogen and oxygen atoms in total. The Balaban J connectivity index is 1.82. The highest BCUT2D eigenvalue weighted by Gasteiger charge is 2.25. The number of amides is 1. The van der Waals surface area contributed by atoms with E-state index < -0.39 is 0 Å². The van der Waals surface area contributed by atoms with Crippen LogP contribution in [0.3, 0.4) is 0 Å². The number of fused-ring (bicyclic) bond motifs is 1. The van der Waals surface area contributed by atoms with E-state index in [9.17, 15) is 10.1 Å². The molecular weight excluding hydrogens is 328 g/mol. The molecule has 2 N–H and O–H groups in total. The fourth-order valence-corrected chi connectivity index (χ4v) is 3.43. The number of aromatic amines is 1. The van der Waals surface area contributed by atoms with Crippen LogP contribution in [0.25, 0.3) is 27.9 Å². The van der Waals surface area contributed by atoms with Crippen molar-refractivity contribution in [2.24, 2.45) is 0 Å². The van der Waals surface area contributed by atoms with Gasteiger partial charge in [0.1, 0.15) is 17.5 Å². The zero-order valence-corrected chi connectivity index (χ0v) is 14.0. The van der Waals surface area contributed by atoms with E-state index in [2.05, 4.69) is 34.0 Å². The summed E-state index contributed by atoms with van der Waals surface area (Å²) in [6, 6.07) is 5.94. The monoisotopic (exact) mass is 344 g/mol. The van der Waals surface area contributed by atoms with E-state index in [4.69, 9.17) is 4.42 Å². The highest BCUT2D eigenvalue weighted by atomic mass is 16.3. The normalized spacial score (nSPS) is 16.3.